The van der Waals surface area contributed by atoms with Crippen LogP contribution in [0.4, 0.5) is 0 Å². The van der Waals surface area contributed by atoms with E-state index in [1.54, 1.807) is 30.5 Å². The number of esters is 1. The molecule has 0 bridgehead atoms. The molecule has 3 aromatic rings. The molecule has 1 aromatic heterocycles. The zero-order valence-corrected chi connectivity index (χ0v) is 11.3. The van der Waals surface area contributed by atoms with Gasteiger partial charge in [-0.2, -0.15) is 4.98 Å². The lowest BCUT2D eigenvalue weighted by Gasteiger charge is -2.05. The minimum Gasteiger partial charge on any atom is -0.465 e. The largest absolute Gasteiger partial charge is 0.465 e. The average Bonchev–Trinajstić information content (AvgIpc) is 2.55. The second-order valence-electron chi connectivity index (χ2n) is 4.33. The highest BCUT2D eigenvalue weighted by Crippen LogP contribution is 2.20. The molecule has 0 spiro atoms. The zero-order valence-electron chi connectivity index (χ0n) is 11.3. The van der Waals surface area contributed by atoms with Gasteiger partial charge in [-0.1, -0.05) is 18.2 Å². The first kappa shape index (κ1) is 13.1. The van der Waals surface area contributed by atoms with Crippen LogP contribution in [-0.2, 0) is 4.74 Å². The van der Waals surface area contributed by atoms with Crippen molar-refractivity contribution in [1.29, 1.82) is 0 Å². The van der Waals surface area contributed by atoms with Crippen molar-refractivity contribution in [2.75, 3.05) is 7.11 Å². The van der Waals surface area contributed by atoms with Gasteiger partial charge in [-0.15, -0.1) is 0 Å². The monoisotopic (exact) mass is 280 g/mol. The topological polar surface area (TPSA) is 61.3 Å². The molecule has 0 unspecified atom stereocenters. The van der Waals surface area contributed by atoms with E-state index in [2.05, 4.69) is 14.7 Å². The maximum absolute atomic E-state index is 11.3. The Balaban J connectivity index is 1.83. The number of methoxy groups -OCH3 is 1. The molecule has 0 N–H and O–H groups in total. The summed E-state index contributed by atoms with van der Waals surface area (Å²) in [6.45, 7) is 0. The summed E-state index contributed by atoms with van der Waals surface area (Å²) in [7, 11) is 1.34. The quantitative estimate of drug-likeness (QED) is 0.689. The van der Waals surface area contributed by atoms with Crippen LogP contribution in [0.5, 0.6) is 11.8 Å². The van der Waals surface area contributed by atoms with Crippen molar-refractivity contribution in [3.63, 3.8) is 0 Å². The minimum atomic E-state index is -0.386. The highest BCUT2D eigenvalue weighted by Gasteiger charge is 2.06. The molecular formula is C16H12N2O3. The van der Waals surface area contributed by atoms with Gasteiger partial charge in [0.25, 0.3) is 0 Å². The molecule has 0 radical (unpaired) electrons. The number of carbonyl (C=O) groups is 1. The van der Waals surface area contributed by atoms with Gasteiger partial charge in [0.1, 0.15) is 5.75 Å². The molecule has 3 rings (SSSR count). The number of carbonyl (C=O) groups excluding carboxylic acids is 1. The summed E-state index contributed by atoms with van der Waals surface area (Å²) in [5.41, 5.74) is 1.28. The summed E-state index contributed by atoms with van der Waals surface area (Å²) in [6.07, 6.45) is 1.71. The number of rotatable bonds is 3. The molecule has 0 aliphatic rings. The van der Waals surface area contributed by atoms with Gasteiger partial charge >= 0.3 is 12.0 Å². The molecule has 0 atom stereocenters. The Bertz CT molecular complexity index is 785. The summed E-state index contributed by atoms with van der Waals surface area (Å²) in [5.74, 6) is 0.168. The smallest absolute Gasteiger partial charge is 0.337 e. The van der Waals surface area contributed by atoms with Gasteiger partial charge in [-0.25, -0.2) is 9.78 Å². The second kappa shape index (κ2) is 5.58. The van der Waals surface area contributed by atoms with Gasteiger partial charge in [0.15, 0.2) is 0 Å². The van der Waals surface area contributed by atoms with Crippen LogP contribution in [0.1, 0.15) is 10.4 Å². The van der Waals surface area contributed by atoms with Gasteiger partial charge in [0, 0.05) is 11.6 Å². The van der Waals surface area contributed by atoms with Crippen molar-refractivity contribution in [1.82, 2.24) is 9.97 Å². The number of hydrogen-bond donors (Lipinski definition) is 0. The van der Waals surface area contributed by atoms with Crippen molar-refractivity contribution < 1.29 is 14.3 Å². The lowest BCUT2D eigenvalue weighted by Crippen LogP contribution is -2.00. The van der Waals surface area contributed by atoms with Crippen molar-refractivity contribution >= 4 is 16.9 Å². The minimum absolute atomic E-state index is 0.263. The molecule has 0 saturated carbocycles. The highest BCUT2D eigenvalue weighted by molar-refractivity contribution is 5.89. The number of benzene rings is 2. The molecule has 0 fully saturated rings. The van der Waals surface area contributed by atoms with E-state index >= 15 is 0 Å². The Kier molecular flexibility index (Phi) is 3.47. The standard InChI is InChI=1S/C16H12N2O3/c1-20-15(19)11-6-8-13(9-7-11)21-16-17-10-12-4-2-3-5-14(12)18-16/h2-10H,1H3. The molecule has 5 nitrogen and oxygen atoms in total. The SMILES string of the molecule is COC(=O)c1ccc(Oc2ncc3ccccc3n2)cc1. The fourth-order valence-electron chi connectivity index (χ4n) is 1.89. The Morgan fingerprint density at radius 1 is 1.05 bits per heavy atom. The van der Waals surface area contributed by atoms with Crippen molar-refractivity contribution in [3.8, 4) is 11.8 Å². The molecule has 21 heavy (non-hydrogen) atoms. The first-order chi connectivity index (χ1) is 10.3. The van der Waals surface area contributed by atoms with E-state index in [4.69, 9.17) is 4.74 Å². The number of hydrogen-bond acceptors (Lipinski definition) is 5. The third-order valence-corrected chi connectivity index (χ3v) is 2.95. The third-order valence-electron chi connectivity index (χ3n) is 2.95. The fraction of sp³-hybridized carbons (Fsp3) is 0.0625. The zero-order chi connectivity index (χ0) is 14.7. The van der Waals surface area contributed by atoms with E-state index in [1.807, 2.05) is 24.3 Å². The van der Waals surface area contributed by atoms with Crippen molar-refractivity contribution in [2.24, 2.45) is 0 Å². The van der Waals surface area contributed by atoms with E-state index < -0.39 is 0 Å². The number of ether oxygens (including phenoxy) is 2. The normalized spacial score (nSPS) is 10.3. The van der Waals surface area contributed by atoms with Gasteiger partial charge in [0.05, 0.1) is 18.2 Å². The van der Waals surface area contributed by atoms with E-state index in [-0.39, 0.29) is 12.0 Å². The molecule has 2 aromatic carbocycles. The van der Waals surface area contributed by atoms with Gasteiger partial charge in [0.2, 0.25) is 0 Å². The Labute approximate surface area is 121 Å². The first-order valence-electron chi connectivity index (χ1n) is 6.34. The molecule has 104 valence electrons. The van der Waals surface area contributed by atoms with E-state index in [0.717, 1.165) is 10.9 Å². The lowest BCUT2D eigenvalue weighted by molar-refractivity contribution is 0.0600. The molecule has 0 aliphatic heterocycles. The average molecular weight is 280 g/mol. The summed E-state index contributed by atoms with van der Waals surface area (Å²) in [5, 5.41) is 0.950. The van der Waals surface area contributed by atoms with Crippen LogP contribution in [0.2, 0.25) is 0 Å². The summed E-state index contributed by atoms with van der Waals surface area (Å²) >= 11 is 0. The van der Waals surface area contributed by atoms with Crippen LogP contribution in [0.15, 0.2) is 54.7 Å². The predicted octanol–water partition coefficient (Wildman–Crippen LogP) is 3.21. The fourth-order valence-corrected chi connectivity index (χ4v) is 1.89. The number of nitrogens with zero attached hydrogens (tertiary/aromatic N) is 2. The summed E-state index contributed by atoms with van der Waals surface area (Å²) in [4.78, 5) is 19.8. The van der Waals surface area contributed by atoms with Gasteiger partial charge in [-0.3, -0.25) is 0 Å². The Hall–Kier alpha value is -2.95. The van der Waals surface area contributed by atoms with Crippen LogP contribution >= 0.6 is 0 Å². The van der Waals surface area contributed by atoms with Gasteiger partial charge in [-0.05, 0) is 30.3 Å². The van der Waals surface area contributed by atoms with Crippen LogP contribution < -0.4 is 4.74 Å². The van der Waals surface area contributed by atoms with Crippen LogP contribution in [0.25, 0.3) is 10.9 Å². The number of para-hydroxylation sites is 1. The highest BCUT2D eigenvalue weighted by atomic mass is 16.5. The molecule has 0 amide bonds. The van der Waals surface area contributed by atoms with Crippen LogP contribution in [0, 0.1) is 0 Å². The Morgan fingerprint density at radius 3 is 2.57 bits per heavy atom. The Morgan fingerprint density at radius 2 is 1.81 bits per heavy atom. The van der Waals surface area contributed by atoms with E-state index in [9.17, 15) is 4.79 Å². The third kappa shape index (κ3) is 2.81. The molecule has 1 heterocycles. The molecular weight excluding hydrogens is 268 g/mol. The van der Waals surface area contributed by atoms with E-state index in [1.165, 1.54) is 7.11 Å². The van der Waals surface area contributed by atoms with Crippen molar-refractivity contribution in [3.05, 3.63) is 60.3 Å². The molecule has 5 heteroatoms. The van der Waals surface area contributed by atoms with E-state index in [0.29, 0.717) is 11.3 Å². The summed E-state index contributed by atoms with van der Waals surface area (Å²) in [6, 6.07) is 14.5. The van der Waals surface area contributed by atoms with Gasteiger partial charge < -0.3 is 9.47 Å². The molecule has 0 saturated heterocycles. The van der Waals surface area contributed by atoms with Crippen molar-refractivity contribution in [2.45, 2.75) is 0 Å². The predicted molar refractivity (Wildman–Crippen MR) is 77.4 cm³/mol. The van der Waals surface area contributed by atoms with Crippen LogP contribution in [-0.4, -0.2) is 23.0 Å². The lowest BCUT2D eigenvalue weighted by atomic mass is 10.2. The molecule has 0 aliphatic carbocycles. The van der Waals surface area contributed by atoms with Crippen LogP contribution in [0.3, 0.4) is 0 Å². The number of fused-ring (bicyclic) bond motifs is 1. The summed E-state index contributed by atoms with van der Waals surface area (Å²) < 4.78 is 10.2. The second-order valence-corrected chi connectivity index (χ2v) is 4.33. The maximum Gasteiger partial charge on any atom is 0.337 e. The maximum atomic E-state index is 11.3. The first-order valence-corrected chi connectivity index (χ1v) is 6.34. The number of aromatic nitrogens is 2.